The molecule has 1 aromatic heterocycles. The Morgan fingerprint density at radius 2 is 1.83 bits per heavy atom. The second-order valence-electron chi connectivity index (χ2n) is 7.01. The van der Waals surface area contributed by atoms with E-state index in [9.17, 15) is 8.42 Å². The van der Waals surface area contributed by atoms with E-state index in [-0.39, 0.29) is 4.90 Å². The standard InChI is InChI=1S/C20H24N4O4S/c1-15(16-5-7-18-19(13-16)28-12-11-27-18)22-23-20-8-6-17(14-21-20)29(25,26)24-9-3-2-4-10-24/h5-8,13-14H,2-4,9-12H2,1H3,(H,21,23)/b22-15+. The molecule has 4 rings (SSSR count). The molecule has 1 aromatic carbocycles. The van der Waals surface area contributed by atoms with Crippen LogP contribution in [0.2, 0.25) is 0 Å². The van der Waals surface area contributed by atoms with Gasteiger partial charge in [-0.3, -0.25) is 5.43 Å². The molecule has 0 radical (unpaired) electrons. The van der Waals surface area contributed by atoms with Gasteiger partial charge in [-0.25, -0.2) is 13.4 Å². The number of hydrogen-bond acceptors (Lipinski definition) is 7. The Morgan fingerprint density at radius 1 is 1.07 bits per heavy atom. The van der Waals surface area contributed by atoms with Crippen molar-refractivity contribution >= 4 is 21.6 Å². The number of ether oxygens (including phenoxy) is 2. The number of aromatic nitrogens is 1. The van der Waals surface area contributed by atoms with Crippen molar-refractivity contribution in [1.29, 1.82) is 0 Å². The predicted octanol–water partition coefficient (Wildman–Crippen LogP) is 2.86. The molecule has 3 heterocycles. The minimum Gasteiger partial charge on any atom is -0.486 e. The van der Waals surface area contributed by atoms with Gasteiger partial charge in [0.1, 0.15) is 23.9 Å². The van der Waals surface area contributed by atoms with E-state index in [0.717, 1.165) is 36.3 Å². The monoisotopic (exact) mass is 416 g/mol. The van der Waals surface area contributed by atoms with Gasteiger partial charge in [-0.05, 0) is 50.1 Å². The number of rotatable bonds is 5. The zero-order chi connectivity index (χ0) is 20.3. The molecule has 1 N–H and O–H groups in total. The lowest BCUT2D eigenvalue weighted by Gasteiger charge is -2.25. The van der Waals surface area contributed by atoms with Crippen molar-refractivity contribution < 1.29 is 17.9 Å². The summed E-state index contributed by atoms with van der Waals surface area (Å²) < 4.78 is 38.0. The fourth-order valence-corrected chi connectivity index (χ4v) is 4.79. The molecule has 0 saturated carbocycles. The van der Waals surface area contributed by atoms with Crippen LogP contribution in [0.15, 0.2) is 46.5 Å². The van der Waals surface area contributed by atoms with Gasteiger partial charge < -0.3 is 9.47 Å². The number of sulfonamides is 1. The highest BCUT2D eigenvalue weighted by molar-refractivity contribution is 7.89. The maximum atomic E-state index is 12.7. The SMILES string of the molecule is C/C(=N\Nc1ccc(S(=O)(=O)N2CCCCC2)cn1)c1ccc2c(c1)OCCO2. The average Bonchev–Trinajstić information content (AvgIpc) is 2.78. The molecule has 2 aromatic rings. The van der Waals surface area contributed by atoms with Crippen LogP contribution in [0.4, 0.5) is 5.82 Å². The fourth-order valence-electron chi connectivity index (χ4n) is 3.33. The van der Waals surface area contributed by atoms with Crippen molar-refractivity contribution in [2.45, 2.75) is 31.1 Å². The molecule has 154 valence electrons. The van der Waals surface area contributed by atoms with Crippen molar-refractivity contribution in [2.24, 2.45) is 5.10 Å². The minimum atomic E-state index is -3.48. The second kappa shape index (κ2) is 8.38. The van der Waals surface area contributed by atoms with Crippen LogP contribution in [0.25, 0.3) is 0 Å². The van der Waals surface area contributed by atoms with E-state index in [0.29, 0.717) is 37.9 Å². The number of nitrogens with one attached hydrogen (secondary N) is 1. The molecular weight excluding hydrogens is 392 g/mol. The predicted molar refractivity (Wildman–Crippen MR) is 110 cm³/mol. The van der Waals surface area contributed by atoms with E-state index in [1.54, 1.807) is 12.1 Å². The summed E-state index contributed by atoms with van der Waals surface area (Å²) in [4.78, 5) is 4.41. The number of anilines is 1. The van der Waals surface area contributed by atoms with E-state index in [1.165, 1.54) is 10.5 Å². The Morgan fingerprint density at radius 3 is 2.55 bits per heavy atom. The summed E-state index contributed by atoms with van der Waals surface area (Å²) in [5.74, 6) is 1.90. The normalized spacial score (nSPS) is 17.8. The molecule has 0 atom stereocenters. The third kappa shape index (κ3) is 4.35. The van der Waals surface area contributed by atoms with Gasteiger partial charge >= 0.3 is 0 Å². The van der Waals surface area contributed by atoms with Gasteiger partial charge in [-0.1, -0.05) is 6.42 Å². The zero-order valence-corrected chi connectivity index (χ0v) is 17.1. The molecule has 2 aliphatic rings. The lowest BCUT2D eigenvalue weighted by molar-refractivity contribution is 0.171. The van der Waals surface area contributed by atoms with Crippen molar-refractivity contribution in [3.05, 3.63) is 42.1 Å². The first-order chi connectivity index (χ1) is 14.0. The van der Waals surface area contributed by atoms with Crippen LogP contribution in [-0.2, 0) is 10.0 Å². The third-order valence-electron chi connectivity index (χ3n) is 4.99. The molecule has 2 aliphatic heterocycles. The number of nitrogens with zero attached hydrogens (tertiary/aromatic N) is 3. The summed E-state index contributed by atoms with van der Waals surface area (Å²) in [5.41, 5.74) is 4.52. The van der Waals surface area contributed by atoms with Gasteiger partial charge in [0.15, 0.2) is 11.5 Å². The molecule has 8 nitrogen and oxygen atoms in total. The van der Waals surface area contributed by atoms with Gasteiger partial charge in [-0.2, -0.15) is 9.41 Å². The Bertz CT molecular complexity index is 1000. The lowest BCUT2D eigenvalue weighted by Crippen LogP contribution is -2.35. The van der Waals surface area contributed by atoms with E-state index < -0.39 is 10.0 Å². The number of piperidine rings is 1. The lowest BCUT2D eigenvalue weighted by atomic mass is 10.1. The van der Waals surface area contributed by atoms with Gasteiger partial charge in [0.25, 0.3) is 0 Å². The van der Waals surface area contributed by atoms with E-state index in [2.05, 4.69) is 15.5 Å². The quantitative estimate of drug-likeness (QED) is 0.595. The molecular formula is C20H24N4O4S. The Hall–Kier alpha value is -2.65. The van der Waals surface area contributed by atoms with Crippen LogP contribution in [0.5, 0.6) is 11.5 Å². The summed E-state index contributed by atoms with van der Waals surface area (Å²) in [6.07, 6.45) is 4.26. The second-order valence-corrected chi connectivity index (χ2v) is 8.95. The highest BCUT2D eigenvalue weighted by Crippen LogP contribution is 2.31. The van der Waals surface area contributed by atoms with Gasteiger partial charge in [-0.15, -0.1) is 0 Å². The van der Waals surface area contributed by atoms with Crippen LogP contribution in [0.3, 0.4) is 0 Å². The van der Waals surface area contributed by atoms with Crippen molar-refractivity contribution in [3.8, 4) is 11.5 Å². The largest absolute Gasteiger partial charge is 0.486 e. The van der Waals surface area contributed by atoms with Crippen LogP contribution in [-0.4, -0.2) is 49.7 Å². The topological polar surface area (TPSA) is 93.1 Å². The van der Waals surface area contributed by atoms with Crippen molar-refractivity contribution in [1.82, 2.24) is 9.29 Å². The van der Waals surface area contributed by atoms with Gasteiger partial charge in [0.2, 0.25) is 10.0 Å². The van der Waals surface area contributed by atoms with E-state index in [4.69, 9.17) is 9.47 Å². The first-order valence-electron chi connectivity index (χ1n) is 9.70. The molecule has 0 aliphatic carbocycles. The first kappa shape index (κ1) is 19.7. The first-order valence-corrected chi connectivity index (χ1v) is 11.1. The van der Waals surface area contributed by atoms with Crippen LogP contribution in [0, 0.1) is 0 Å². The minimum absolute atomic E-state index is 0.206. The fraction of sp³-hybridized carbons (Fsp3) is 0.400. The molecule has 0 bridgehead atoms. The smallest absolute Gasteiger partial charge is 0.244 e. The Labute approximate surface area is 170 Å². The van der Waals surface area contributed by atoms with Crippen LogP contribution in [0.1, 0.15) is 31.7 Å². The van der Waals surface area contributed by atoms with E-state index in [1.807, 2.05) is 25.1 Å². The number of hydrogen-bond donors (Lipinski definition) is 1. The number of hydrazone groups is 1. The van der Waals surface area contributed by atoms with Crippen LogP contribution < -0.4 is 14.9 Å². The van der Waals surface area contributed by atoms with Crippen LogP contribution >= 0.6 is 0 Å². The highest BCUT2D eigenvalue weighted by Gasteiger charge is 2.26. The molecule has 29 heavy (non-hydrogen) atoms. The Kier molecular flexibility index (Phi) is 5.68. The van der Waals surface area contributed by atoms with E-state index >= 15 is 0 Å². The summed E-state index contributed by atoms with van der Waals surface area (Å²) >= 11 is 0. The summed E-state index contributed by atoms with van der Waals surface area (Å²) in [5, 5.41) is 4.34. The zero-order valence-electron chi connectivity index (χ0n) is 16.3. The van der Waals surface area contributed by atoms with Crippen molar-refractivity contribution in [2.75, 3.05) is 31.7 Å². The van der Waals surface area contributed by atoms with Gasteiger partial charge in [0.05, 0.1) is 5.71 Å². The van der Waals surface area contributed by atoms with Gasteiger partial charge in [0, 0.05) is 24.8 Å². The average molecular weight is 417 g/mol. The maximum absolute atomic E-state index is 12.7. The highest BCUT2D eigenvalue weighted by atomic mass is 32.2. The summed E-state index contributed by atoms with van der Waals surface area (Å²) in [6, 6.07) is 8.85. The molecule has 1 fully saturated rings. The molecule has 0 unspecified atom stereocenters. The molecule has 1 saturated heterocycles. The number of fused-ring (bicyclic) bond motifs is 1. The third-order valence-corrected chi connectivity index (χ3v) is 6.87. The summed E-state index contributed by atoms with van der Waals surface area (Å²) in [6.45, 7) is 4.09. The summed E-state index contributed by atoms with van der Waals surface area (Å²) in [7, 11) is -3.48. The maximum Gasteiger partial charge on any atom is 0.244 e. The Balaban J connectivity index is 1.44. The molecule has 9 heteroatoms. The number of pyridine rings is 1. The van der Waals surface area contributed by atoms with Crippen molar-refractivity contribution in [3.63, 3.8) is 0 Å². The molecule has 0 amide bonds. The number of benzene rings is 1. The molecule has 0 spiro atoms.